The van der Waals surface area contributed by atoms with E-state index in [1.807, 2.05) is 12.3 Å². The molecule has 0 bridgehead atoms. The van der Waals surface area contributed by atoms with Crippen LogP contribution in [0, 0.1) is 0 Å². The molecule has 3 rings (SSSR count). The zero-order valence-electron chi connectivity index (χ0n) is 12.5. The van der Waals surface area contributed by atoms with E-state index in [-0.39, 0.29) is 5.56 Å². The van der Waals surface area contributed by atoms with Crippen molar-refractivity contribution in [1.82, 2.24) is 15.2 Å². The lowest BCUT2D eigenvalue weighted by Crippen LogP contribution is -2.40. The molecule has 2 aromatic rings. The van der Waals surface area contributed by atoms with E-state index >= 15 is 0 Å². The SMILES string of the molecule is O=c1ccccn1Cc1ccc(CNC2=NCCCN2)cc1. The average Bonchev–Trinajstić information content (AvgIpc) is 2.57. The first-order valence-corrected chi connectivity index (χ1v) is 7.57. The normalized spacial score (nSPS) is 14.1. The highest BCUT2D eigenvalue weighted by Gasteiger charge is 2.03. The molecule has 2 N–H and O–H groups in total. The molecule has 2 heterocycles. The van der Waals surface area contributed by atoms with E-state index in [2.05, 4.69) is 39.9 Å². The van der Waals surface area contributed by atoms with Crippen molar-refractivity contribution in [3.63, 3.8) is 0 Å². The van der Waals surface area contributed by atoms with E-state index in [1.54, 1.807) is 16.7 Å². The summed E-state index contributed by atoms with van der Waals surface area (Å²) < 4.78 is 1.70. The Kier molecular flexibility index (Phi) is 4.53. The van der Waals surface area contributed by atoms with Gasteiger partial charge in [-0.1, -0.05) is 30.3 Å². The molecular formula is C17H20N4O. The molecule has 1 aromatic carbocycles. The van der Waals surface area contributed by atoms with Crippen molar-refractivity contribution in [3.8, 4) is 0 Å². The summed E-state index contributed by atoms with van der Waals surface area (Å²) in [6.45, 7) is 3.22. The largest absolute Gasteiger partial charge is 0.356 e. The van der Waals surface area contributed by atoms with Crippen molar-refractivity contribution in [2.75, 3.05) is 13.1 Å². The van der Waals surface area contributed by atoms with Gasteiger partial charge in [-0.3, -0.25) is 9.79 Å². The van der Waals surface area contributed by atoms with Crippen LogP contribution in [0.15, 0.2) is 58.4 Å². The van der Waals surface area contributed by atoms with E-state index in [4.69, 9.17) is 0 Å². The van der Waals surface area contributed by atoms with Crippen molar-refractivity contribution >= 4 is 5.96 Å². The number of rotatable bonds is 4. The Morgan fingerprint density at radius 1 is 1.14 bits per heavy atom. The third-order valence-corrected chi connectivity index (χ3v) is 3.63. The standard InChI is InChI=1S/C17H20N4O/c22-16-4-1-2-11-21(16)13-15-7-5-14(6-8-15)12-20-17-18-9-3-10-19-17/h1-2,4-8,11H,3,9-10,12-13H2,(H2,18,19,20). The zero-order valence-corrected chi connectivity index (χ0v) is 12.5. The lowest BCUT2D eigenvalue weighted by atomic mass is 10.1. The van der Waals surface area contributed by atoms with Crippen molar-refractivity contribution in [3.05, 3.63) is 70.1 Å². The Bertz CT molecular complexity index is 703. The van der Waals surface area contributed by atoms with Crippen LogP contribution in [0.3, 0.4) is 0 Å². The van der Waals surface area contributed by atoms with E-state index in [0.29, 0.717) is 6.54 Å². The van der Waals surface area contributed by atoms with Crippen LogP contribution in [-0.4, -0.2) is 23.6 Å². The maximum atomic E-state index is 11.7. The summed E-state index contributed by atoms with van der Waals surface area (Å²) in [6.07, 6.45) is 2.91. The molecule has 1 aliphatic rings. The molecule has 0 aliphatic carbocycles. The summed E-state index contributed by atoms with van der Waals surface area (Å²) in [7, 11) is 0. The van der Waals surface area contributed by atoms with E-state index in [0.717, 1.165) is 37.6 Å². The molecular weight excluding hydrogens is 276 g/mol. The average molecular weight is 296 g/mol. The van der Waals surface area contributed by atoms with Gasteiger partial charge in [-0.15, -0.1) is 0 Å². The topological polar surface area (TPSA) is 58.4 Å². The summed E-state index contributed by atoms with van der Waals surface area (Å²) >= 11 is 0. The molecule has 0 saturated heterocycles. The predicted molar refractivity (Wildman–Crippen MR) is 88.0 cm³/mol. The minimum atomic E-state index is 0.0228. The van der Waals surface area contributed by atoms with Crippen LogP contribution in [0.25, 0.3) is 0 Å². The fourth-order valence-corrected chi connectivity index (χ4v) is 2.39. The van der Waals surface area contributed by atoms with Crippen LogP contribution < -0.4 is 16.2 Å². The number of aromatic nitrogens is 1. The van der Waals surface area contributed by atoms with Crippen LogP contribution in [0.1, 0.15) is 17.5 Å². The molecule has 0 unspecified atom stereocenters. The number of aliphatic imine (C=N–C) groups is 1. The third kappa shape index (κ3) is 3.75. The van der Waals surface area contributed by atoms with Gasteiger partial charge in [0.15, 0.2) is 5.96 Å². The summed E-state index contributed by atoms with van der Waals surface area (Å²) in [4.78, 5) is 16.1. The van der Waals surface area contributed by atoms with Gasteiger partial charge in [-0.25, -0.2) is 0 Å². The highest BCUT2D eigenvalue weighted by molar-refractivity contribution is 5.80. The Morgan fingerprint density at radius 2 is 1.95 bits per heavy atom. The molecule has 0 amide bonds. The first kappa shape index (κ1) is 14.4. The van der Waals surface area contributed by atoms with Crippen LogP contribution in [0.5, 0.6) is 0 Å². The minimum absolute atomic E-state index is 0.0228. The smallest absolute Gasteiger partial charge is 0.250 e. The fraction of sp³-hybridized carbons (Fsp3) is 0.294. The number of hydrogen-bond acceptors (Lipinski definition) is 4. The monoisotopic (exact) mass is 296 g/mol. The number of hydrogen-bond donors (Lipinski definition) is 2. The Morgan fingerprint density at radius 3 is 2.68 bits per heavy atom. The predicted octanol–water partition coefficient (Wildman–Crippen LogP) is 1.34. The van der Waals surface area contributed by atoms with Gasteiger partial charge in [-0.2, -0.15) is 0 Å². The van der Waals surface area contributed by atoms with E-state index in [1.165, 1.54) is 5.56 Å². The van der Waals surface area contributed by atoms with Crippen LogP contribution in [-0.2, 0) is 13.1 Å². The van der Waals surface area contributed by atoms with Gasteiger partial charge < -0.3 is 15.2 Å². The second-order valence-corrected chi connectivity index (χ2v) is 5.35. The van der Waals surface area contributed by atoms with Gasteiger partial charge in [0.2, 0.25) is 0 Å². The molecule has 0 spiro atoms. The summed E-state index contributed by atoms with van der Waals surface area (Å²) in [5.74, 6) is 0.881. The molecule has 5 nitrogen and oxygen atoms in total. The molecule has 0 saturated carbocycles. The molecule has 0 radical (unpaired) electrons. The van der Waals surface area contributed by atoms with Crippen LogP contribution in [0.2, 0.25) is 0 Å². The van der Waals surface area contributed by atoms with Crippen molar-refractivity contribution in [2.45, 2.75) is 19.5 Å². The molecule has 1 aromatic heterocycles. The minimum Gasteiger partial charge on any atom is -0.356 e. The second kappa shape index (κ2) is 6.93. The van der Waals surface area contributed by atoms with E-state index in [9.17, 15) is 4.79 Å². The number of nitrogens with one attached hydrogen (secondary N) is 2. The number of nitrogens with zero attached hydrogens (tertiary/aromatic N) is 2. The maximum absolute atomic E-state index is 11.7. The lowest BCUT2D eigenvalue weighted by Gasteiger charge is -2.16. The highest BCUT2D eigenvalue weighted by Crippen LogP contribution is 2.05. The van der Waals surface area contributed by atoms with Crippen molar-refractivity contribution in [2.24, 2.45) is 4.99 Å². The van der Waals surface area contributed by atoms with Crippen LogP contribution >= 0.6 is 0 Å². The van der Waals surface area contributed by atoms with Crippen molar-refractivity contribution < 1.29 is 0 Å². The quantitative estimate of drug-likeness (QED) is 0.895. The van der Waals surface area contributed by atoms with Gasteiger partial charge >= 0.3 is 0 Å². The molecule has 5 heteroatoms. The zero-order chi connectivity index (χ0) is 15.2. The molecule has 114 valence electrons. The van der Waals surface area contributed by atoms with Gasteiger partial charge in [0.1, 0.15) is 0 Å². The van der Waals surface area contributed by atoms with Gasteiger partial charge in [0, 0.05) is 31.9 Å². The Balaban J connectivity index is 1.59. The Hall–Kier alpha value is -2.56. The van der Waals surface area contributed by atoms with Gasteiger partial charge in [-0.05, 0) is 23.6 Å². The summed E-state index contributed by atoms with van der Waals surface area (Å²) in [6, 6.07) is 13.5. The first-order chi connectivity index (χ1) is 10.8. The summed E-state index contributed by atoms with van der Waals surface area (Å²) in [5, 5.41) is 6.54. The molecule has 1 aliphatic heterocycles. The van der Waals surface area contributed by atoms with Gasteiger partial charge in [0.25, 0.3) is 5.56 Å². The van der Waals surface area contributed by atoms with E-state index < -0.39 is 0 Å². The summed E-state index contributed by atoms with van der Waals surface area (Å²) in [5.41, 5.74) is 2.33. The Labute approximate surface area is 129 Å². The second-order valence-electron chi connectivity index (χ2n) is 5.35. The number of benzene rings is 1. The highest BCUT2D eigenvalue weighted by atomic mass is 16.1. The van der Waals surface area contributed by atoms with Crippen molar-refractivity contribution in [1.29, 1.82) is 0 Å². The fourth-order valence-electron chi connectivity index (χ4n) is 2.39. The third-order valence-electron chi connectivity index (χ3n) is 3.63. The molecule has 22 heavy (non-hydrogen) atoms. The van der Waals surface area contributed by atoms with Gasteiger partial charge in [0.05, 0.1) is 6.54 Å². The number of pyridine rings is 1. The lowest BCUT2D eigenvalue weighted by molar-refractivity contribution is 0.702. The maximum Gasteiger partial charge on any atom is 0.250 e. The molecule has 0 fully saturated rings. The van der Waals surface area contributed by atoms with Crippen LogP contribution in [0.4, 0.5) is 0 Å². The molecule has 0 atom stereocenters. The first-order valence-electron chi connectivity index (χ1n) is 7.57. The number of guanidine groups is 1.